The van der Waals surface area contributed by atoms with Crippen LogP contribution in [0, 0.1) is 0 Å². The fraction of sp³-hybridized carbons (Fsp3) is 0.182. The van der Waals surface area contributed by atoms with E-state index >= 15 is 0 Å². The molecule has 2 unspecified atom stereocenters. The van der Waals surface area contributed by atoms with Crippen molar-refractivity contribution in [2.45, 2.75) is 12.1 Å². The molecule has 17 heavy (non-hydrogen) atoms. The van der Waals surface area contributed by atoms with Crippen molar-refractivity contribution < 1.29 is 15.0 Å². The molecule has 2 atom stereocenters. The number of aliphatic carboxylic acids is 1. The summed E-state index contributed by atoms with van der Waals surface area (Å²) in [5, 5.41) is 18.4. The Balaban J connectivity index is 2.39. The minimum Gasteiger partial charge on any atom is -0.480 e. The molecular weight excluding hydrogens is 222 g/mol. The highest BCUT2D eigenvalue weighted by Gasteiger charge is 2.25. The van der Waals surface area contributed by atoms with Crippen LogP contribution in [0.4, 0.5) is 0 Å². The van der Waals surface area contributed by atoms with Crippen molar-refractivity contribution in [1.29, 1.82) is 0 Å². The molecule has 0 fully saturated rings. The summed E-state index contributed by atoms with van der Waals surface area (Å²) in [7, 11) is 0. The Morgan fingerprint density at radius 1 is 1.29 bits per heavy atom. The quantitative estimate of drug-likeness (QED) is 0.692. The third-order valence-electron chi connectivity index (χ3n) is 2.40. The molecule has 0 aliphatic rings. The first kappa shape index (κ1) is 11.4. The number of carboxylic acid groups (broad SMARTS) is 1. The van der Waals surface area contributed by atoms with Gasteiger partial charge in [0, 0.05) is 0 Å². The lowest BCUT2D eigenvalue weighted by Crippen LogP contribution is -2.36. The number of para-hydroxylation sites is 2. The third kappa shape index (κ3) is 2.22. The summed E-state index contributed by atoms with van der Waals surface area (Å²) in [6.07, 6.45) is -0.0416. The molecule has 0 bridgehead atoms. The molecular formula is C11H11N3O3. The molecule has 1 heterocycles. The normalized spacial score (nSPS) is 14.5. The van der Waals surface area contributed by atoms with Crippen molar-refractivity contribution in [3.05, 3.63) is 36.2 Å². The number of benzene rings is 1. The molecule has 0 spiro atoms. The Kier molecular flexibility index (Phi) is 2.99. The van der Waals surface area contributed by atoms with Crippen LogP contribution in [-0.4, -0.2) is 32.2 Å². The van der Waals surface area contributed by atoms with E-state index in [4.69, 9.17) is 10.8 Å². The summed E-state index contributed by atoms with van der Waals surface area (Å²) < 4.78 is 0. The molecule has 1 aromatic heterocycles. The van der Waals surface area contributed by atoms with Gasteiger partial charge in [0.05, 0.1) is 22.9 Å². The fourth-order valence-corrected chi connectivity index (χ4v) is 1.43. The van der Waals surface area contributed by atoms with Gasteiger partial charge in [0.15, 0.2) is 0 Å². The molecule has 2 rings (SSSR count). The first-order valence-corrected chi connectivity index (χ1v) is 4.97. The highest BCUT2D eigenvalue weighted by atomic mass is 16.4. The monoisotopic (exact) mass is 233 g/mol. The number of carboxylic acids is 1. The Morgan fingerprint density at radius 3 is 2.59 bits per heavy atom. The number of hydrogen-bond acceptors (Lipinski definition) is 5. The van der Waals surface area contributed by atoms with E-state index in [1.54, 1.807) is 18.2 Å². The van der Waals surface area contributed by atoms with Gasteiger partial charge in [0.1, 0.15) is 12.1 Å². The molecule has 4 N–H and O–H groups in total. The van der Waals surface area contributed by atoms with Crippen LogP contribution in [0.3, 0.4) is 0 Å². The van der Waals surface area contributed by atoms with Gasteiger partial charge < -0.3 is 15.9 Å². The largest absolute Gasteiger partial charge is 0.480 e. The maximum Gasteiger partial charge on any atom is 0.323 e. The van der Waals surface area contributed by atoms with Gasteiger partial charge in [-0.1, -0.05) is 12.1 Å². The van der Waals surface area contributed by atoms with Gasteiger partial charge in [0.2, 0.25) is 0 Å². The summed E-state index contributed by atoms with van der Waals surface area (Å²) >= 11 is 0. The van der Waals surface area contributed by atoms with Crippen LogP contribution in [0.2, 0.25) is 0 Å². The number of nitrogens with zero attached hydrogens (tertiary/aromatic N) is 2. The molecule has 6 nitrogen and oxygen atoms in total. The Morgan fingerprint density at radius 2 is 1.94 bits per heavy atom. The van der Waals surface area contributed by atoms with Crippen molar-refractivity contribution in [1.82, 2.24) is 9.97 Å². The van der Waals surface area contributed by atoms with Crippen LogP contribution < -0.4 is 5.73 Å². The van der Waals surface area contributed by atoms with Crippen molar-refractivity contribution in [3.63, 3.8) is 0 Å². The Hall–Kier alpha value is -2.05. The molecule has 0 saturated carbocycles. The second-order valence-electron chi connectivity index (χ2n) is 3.59. The topological polar surface area (TPSA) is 109 Å². The average molecular weight is 233 g/mol. The predicted octanol–water partition coefficient (Wildman–Crippen LogP) is 0.0751. The highest BCUT2D eigenvalue weighted by molar-refractivity contribution is 5.75. The SMILES string of the molecule is NC(C(=O)O)C(O)c1cnc2ccccc2n1. The van der Waals surface area contributed by atoms with Crippen LogP contribution in [0.15, 0.2) is 30.5 Å². The Labute approximate surface area is 96.7 Å². The second kappa shape index (κ2) is 4.44. The molecule has 0 aliphatic heterocycles. The van der Waals surface area contributed by atoms with E-state index < -0.39 is 18.1 Å². The van der Waals surface area contributed by atoms with Crippen molar-refractivity contribution in [2.24, 2.45) is 5.73 Å². The summed E-state index contributed by atoms with van der Waals surface area (Å²) in [5.74, 6) is -1.28. The van der Waals surface area contributed by atoms with Gasteiger partial charge >= 0.3 is 5.97 Å². The summed E-state index contributed by atoms with van der Waals surface area (Å²) in [6.45, 7) is 0. The lowest BCUT2D eigenvalue weighted by atomic mass is 10.1. The number of fused-ring (bicyclic) bond motifs is 1. The number of aromatic nitrogens is 2. The zero-order chi connectivity index (χ0) is 12.4. The highest BCUT2D eigenvalue weighted by Crippen LogP contribution is 2.16. The van der Waals surface area contributed by atoms with Crippen LogP contribution in [0.5, 0.6) is 0 Å². The third-order valence-corrected chi connectivity index (χ3v) is 2.40. The van der Waals surface area contributed by atoms with Gasteiger partial charge in [0.25, 0.3) is 0 Å². The summed E-state index contributed by atoms with van der Waals surface area (Å²) in [4.78, 5) is 18.8. The first-order valence-electron chi connectivity index (χ1n) is 4.97. The second-order valence-corrected chi connectivity index (χ2v) is 3.59. The number of hydrogen-bond donors (Lipinski definition) is 3. The number of aliphatic hydroxyl groups excluding tert-OH is 1. The minimum absolute atomic E-state index is 0.151. The van der Waals surface area contributed by atoms with E-state index in [2.05, 4.69) is 9.97 Å². The van der Waals surface area contributed by atoms with E-state index in [0.717, 1.165) is 0 Å². The minimum atomic E-state index is -1.41. The van der Waals surface area contributed by atoms with Gasteiger partial charge in [-0.15, -0.1) is 0 Å². The summed E-state index contributed by atoms with van der Waals surface area (Å²) in [6, 6.07) is 5.69. The molecule has 1 aromatic carbocycles. The standard InChI is InChI=1S/C11H11N3O3/c12-9(11(16)17)10(15)8-5-13-6-3-1-2-4-7(6)14-8/h1-5,9-10,15H,12H2,(H,16,17). The lowest BCUT2D eigenvalue weighted by molar-refractivity contribution is -0.141. The maximum absolute atomic E-state index is 10.6. The lowest BCUT2D eigenvalue weighted by Gasteiger charge is -2.14. The van der Waals surface area contributed by atoms with E-state index in [1.807, 2.05) is 6.07 Å². The number of rotatable bonds is 3. The van der Waals surface area contributed by atoms with Gasteiger partial charge in [-0.25, -0.2) is 4.98 Å². The van der Waals surface area contributed by atoms with Gasteiger partial charge in [-0.2, -0.15) is 0 Å². The zero-order valence-electron chi connectivity index (χ0n) is 8.82. The van der Waals surface area contributed by atoms with Gasteiger partial charge in [-0.05, 0) is 12.1 Å². The van der Waals surface area contributed by atoms with Crippen molar-refractivity contribution in [3.8, 4) is 0 Å². The first-order chi connectivity index (χ1) is 8.09. The molecule has 2 aromatic rings. The molecule has 0 aliphatic carbocycles. The van der Waals surface area contributed by atoms with E-state index in [1.165, 1.54) is 6.20 Å². The number of nitrogens with two attached hydrogens (primary N) is 1. The van der Waals surface area contributed by atoms with E-state index in [9.17, 15) is 9.90 Å². The van der Waals surface area contributed by atoms with Crippen LogP contribution in [0.25, 0.3) is 11.0 Å². The predicted molar refractivity (Wildman–Crippen MR) is 60.1 cm³/mol. The van der Waals surface area contributed by atoms with Crippen molar-refractivity contribution >= 4 is 17.0 Å². The molecule has 0 saturated heterocycles. The average Bonchev–Trinajstić information content (AvgIpc) is 2.36. The summed E-state index contributed by atoms with van der Waals surface area (Å²) in [5.41, 5.74) is 6.73. The zero-order valence-corrected chi connectivity index (χ0v) is 8.82. The molecule has 6 heteroatoms. The molecule has 88 valence electrons. The van der Waals surface area contributed by atoms with Gasteiger partial charge in [-0.3, -0.25) is 9.78 Å². The van der Waals surface area contributed by atoms with Crippen molar-refractivity contribution in [2.75, 3.05) is 0 Å². The Bertz CT molecular complexity index is 558. The fourth-order valence-electron chi connectivity index (χ4n) is 1.43. The van der Waals surface area contributed by atoms with Crippen LogP contribution in [0.1, 0.15) is 11.8 Å². The maximum atomic E-state index is 10.6. The molecule has 0 amide bonds. The number of aliphatic hydroxyl groups is 1. The van der Waals surface area contributed by atoms with Crippen LogP contribution in [-0.2, 0) is 4.79 Å². The van der Waals surface area contributed by atoms with E-state index in [-0.39, 0.29) is 5.69 Å². The van der Waals surface area contributed by atoms with E-state index in [0.29, 0.717) is 11.0 Å². The number of carbonyl (C=O) groups is 1. The molecule has 0 radical (unpaired) electrons. The smallest absolute Gasteiger partial charge is 0.323 e. The van der Waals surface area contributed by atoms with Crippen LogP contribution >= 0.6 is 0 Å².